The lowest BCUT2D eigenvalue weighted by molar-refractivity contribution is -0.130. The molecule has 124 valence electrons. The molecule has 0 saturated carbocycles. The van der Waals surface area contributed by atoms with Gasteiger partial charge in [0.25, 0.3) is 10.0 Å². The molecule has 0 aromatic carbocycles. The summed E-state index contributed by atoms with van der Waals surface area (Å²) in [6, 6.07) is 3.30. The number of amides is 1. The molecule has 0 N–H and O–H groups in total. The van der Waals surface area contributed by atoms with Gasteiger partial charge in [-0.2, -0.15) is 0 Å². The number of rotatable bonds is 9. The van der Waals surface area contributed by atoms with Crippen molar-refractivity contribution in [3.63, 3.8) is 0 Å². The number of thiophene rings is 1. The lowest BCUT2D eigenvalue weighted by Gasteiger charge is -2.21. The zero-order valence-electron chi connectivity index (χ0n) is 13.4. The van der Waals surface area contributed by atoms with E-state index in [-0.39, 0.29) is 5.91 Å². The van der Waals surface area contributed by atoms with Crippen LogP contribution in [0.3, 0.4) is 0 Å². The van der Waals surface area contributed by atoms with E-state index in [2.05, 4.69) is 6.58 Å². The summed E-state index contributed by atoms with van der Waals surface area (Å²) in [5.41, 5.74) is 0.938. The number of carbonyl (C=O) groups is 1. The van der Waals surface area contributed by atoms with Crippen LogP contribution in [-0.2, 0) is 14.8 Å². The van der Waals surface area contributed by atoms with E-state index in [1.165, 1.54) is 15.6 Å². The van der Waals surface area contributed by atoms with Crippen molar-refractivity contribution in [2.75, 3.05) is 26.7 Å². The van der Waals surface area contributed by atoms with Crippen molar-refractivity contribution in [3.8, 4) is 0 Å². The van der Waals surface area contributed by atoms with Crippen molar-refractivity contribution >= 4 is 27.3 Å². The Bertz CT molecular complexity index is 594. The molecule has 0 saturated heterocycles. The van der Waals surface area contributed by atoms with Crippen molar-refractivity contribution in [1.82, 2.24) is 9.21 Å². The summed E-state index contributed by atoms with van der Waals surface area (Å²) in [4.78, 5) is 13.8. The number of carbonyl (C=O) groups excluding carboxylic acids is 1. The highest BCUT2D eigenvalue weighted by Gasteiger charge is 2.21. The van der Waals surface area contributed by atoms with Crippen LogP contribution < -0.4 is 0 Å². The van der Waals surface area contributed by atoms with Gasteiger partial charge in [0, 0.05) is 33.1 Å². The Balaban J connectivity index is 2.50. The van der Waals surface area contributed by atoms with E-state index in [1.54, 1.807) is 29.5 Å². The standard InChI is InChI=1S/C15H24N2O3S2/c1-5-17(12-13(2)3)14(18)8-6-10-16(4)22(19,20)15-9-7-11-21-15/h7,9,11H,2,5-6,8,10,12H2,1,3-4H3. The largest absolute Gasteiger partial charge is 0.339 e. The number of nitrogens with zero attached hydrogens (tertiary/aromatic N) is 2. The third kappa shape index (κ3) is 5.23. The molecule has 0 aliphatic carbocycles. The van der Waals surface area contributed by atoms with Crippen LogP contribution in [0, 0.1) is 0 Å². The normalized spacial score (nSPS) is 11.6. The van der Waals surface area contributed by atoms with E-state index in [4.69, 9.17) is 0 Å². The van der Waals surface area contributed by atoms with Gasteiger partial charge in [-0.1, -0.05) is 18.2 Å². The molecule has 1 amide bonds. The van der Waals surface area contributed by atoms with Gasteiger partial charge in [-0.05, 0) is 31.7 Å². The Morgan fingerprint density at radius 2 is 2.09 bits per heavy atom. The van der Waals surface area contributed by atoms with E-state index in [9.17, 15) is 13.2 Å². The van der Waals surface area contributed by atoms with Gasteiger partial charge in [0.15, 0.2) is 0 Å². The first-order valence-electron chi connectivity index (χ1n) is 7.21. The van der Waals surface area contributed by atoms with Crippen molar-refractivity contribution in [2.24, 2.45) is 0 Å². The maximum absolute atomic E-state index is 12.2. The minimum atomic E-state index is -3.43. The summed E-state index contributed by atoms with van der Waals surface area (Å²) >= 11 is 1.20. The Morgan fingerprint density at radius 3 is 2.59 bits per heavy atom. The van der Waals surface area contributed by atoms with Gasteiger partial charge in [-0.25, -0.2) is 12.7 Å². The Hall–Kier alpha value is -1.18. The molecule has 1 rings (SSSR count). The lowest BCUT2D eigenvalue weighted by atomic mass is 10.2. The van der Waals surface area contributed by atoms with E-state index in [0.29, 0.717) is 36.7 Å². The van der Waals surface area contributed by atoms with Gasteiger partial charge >= 0.3 is 0 Å². The molecule has 0 radical (unpaired) electrons. The van der Waals surface area contributed by atoms with Gasteiger partial charge in [0.2, 0.25) is 5.91 Å². The molecular weight excluding hydrogens is 320 g/mol. The zero-order valence-corrected chi connectivity index (χ0v) is 15.0. The fourth-order valence-corrected chi connectivity index (χ4v) is 4.41. The summed E-state index contributed by atoms with van der Waals surface area (Å²) in [5, 5.41) is 1.74. The Morgan fingerprint density at radius 1 is 1.41 bits per heavy atom. The molecule has 1 heterocycles. The van der Waals surface area contributed by atoms with Crippen LogP contribution >= 0.6 is 11.3 Å². The molecular formula is C15H24N2O3S2. The van der Waals surface area contributed by atoms with Crippen LogP contribution in [0.2, 0.25) is 0 Å². The monoisotopic (exact) mass is 344 g/mol. The molecule has 1 aromatic heterocycles. The summed E-state index contributed by atoms with van der Waals surface area (Å²) in [6.45, 7) is 9.14. The fourth-order valence-electron chi connectivity index (χ4n) is 2.00. The fraction of sp³-hybridized carbons (Fsp3) is 0.533. The van der Waals surface area contributed by atoms with Crippen LogP contribution in [-0.4, -0.2) is 50.2 Å². The molecule has 0 atom stereocenters. The second kappa shape index (κ2) is 8.45. The van der Waals surface area contributed by atoms with Crippen LogP contribution in [0.4, 0.5) is 0 Å². The smallest absolute Gasteiger partial charge is 0.252 e. The quantitative estimate of drug-likeness (QED) is 0.647. The van der Waals surface area contributed by atoms with Crippen LogP contribution in [0.5, 0.6) is 0 Å². The topological polar surface area (TPSA) is 57.7 Å². The van der Waals surface area contributed by atoms with Crippen molar-refractivity contribution in [1.29, 1.82) is 0 Å². The first-order valence-corrected chi connectivity index (χ1v) is 9.53. The van der Waals surface area contributed by atoms with Gasteiger partial charge in [-0.15, -0.1) is 11.3 Å². The molecule has 5 nitrogen and oxygen atoms in total. The SMILES string of the molecule is C=C(C)CN(CC)C(=O)CCCN(C)S(=O)(=O)c1cccs1. The van der Waals surface area contributed by atoms with E-state index >= 15 is 0 Å². The average molecular weight is 345 g/mol. The highest BCUT2D eigenvalue weighted by molar-refractivity contribution is 7.91. The highest BCUT2D eigenvalue weighted by Crippen LogP contribution is 2.20. The number of hydrogen-bond donors (Lipinski definition) is 0. The van der Waals surface area contributed by atoms with Crippen molar-refractivity contribution < 1.29 is 13.2 Å². The Labute approximate surface area is 137 Å². The first-order chi connectivity index (χ1) is 10.3. The van der Waals surface area contributed by atoms with Crippen LogP contribution in [0.25, 0.3) is 0 Å². The molecule has 0 aliphatic heterocycles. The van der Waals surface area contributed by atoms with E-state index < -0.39 is 10.0 Å². The lowest BCUT2D eigenvalue weighted by Crippen LogP contribution is -2.33. The van der Waals surface area contributed by atoms with Gasteiger partial charge < -0.3 is 4.90 Å². The molecule has 1 aromatic rings. The average Bonchev–Trinajstić information content (AvgIpc) is 2.98. The molecule has 0 unspecified atom stereocenters. The number of hydrogen-bond acceptors (Lipinski definition) is 4. The predicted octanol–water partition coefficient (Wildman–Crippen LogP) is 2.57. The summed E-state index contributed by atoms with van der Waals surface area (Å²) in [5.74, 6) is 0.0346. The maximum Gasteiger partial charge on any atom is 0.252 e. The highest BCUT2D eigenvalue weighted by atomic mass is 32.2. The molecule has 0 spiro atoms. The van der Waals surface area contributed by atoms with Crippen LogP contribution in [0.1, 0.15) is 26.7 Å². The number of likely N-dealkylation sites (N-methyl/N-ethyl adjacent to an activating group) is 1. The maximum atomic E-state index is 12.2. The summed E-state index contributed by atoms with van der Waals surface area (Å²) < 4.78 is 26.1. The van der Waals surface area contributed by atoms with Gasteiger partial charge in [0.05, 0.1) is 0 Å². The second-order valence-corrected chi connectivity index (χ2v) is 8.45. The second-order valence-electron chi connectivity index (χ2n) is 5.23. The molecule has 22 heavy (non-hydrogen) atoms. The molecule has 0 aliphatic rings. The van der Waals surface area contributed by atoms with Gasteiger partial charge in [0.1, 0.15) is 4.21 Å². The molecule has 0 fully saturated rings. The van der Waals surface area contributed by atoms with Crippen LogP contribution in [0.15, 0.2) is 33.9 Å². The zero-order chi connectivity index (χ0) is 16.8. The Kier molecular flexibility index (Phi) is 7.25. The third-order valence-electron chi connectivity index (χ3n) is 3.22. The predicted molar refractivity (Wildman–Crippen MR) is 90.4 cm³/mol. The summed E-state index contributed by atoms with van der Waals surface area (Å²) in [7, 11) is -1.88. The van der Waals surface area contributed by atoms with Gasteiger partial charge in [-0.3, -0.25) is 4.79 Å². The number of sulfonamides is 1. The van der Waals surface area contributed by atoms with E-state index in [0.717, 1.165) is 5.57 Å². The minimum Gasteiger partial charge on any atom is -0.339 e. The van der Waals surface area contributed by atoms with E-state index in [1.807, 2.05) is 13.8 Å². The first kappa shape index (κ1) is 18.9. The van der Waals surface area contributed by atoms with Crippen molar-refractivity contribution in [2.45, 2.75) is 30.9 Å². The summed E-state index contributed by atoms with van der Waals surface area (Å²) in [6.07, 6.45) is 0.845. The minimum absolute atomic E-state index is 0.0346. The third-order valence-corrected chi connectivity index (χ3v) is 6.45. The molecule has 7 heteroatoms. The molecule has 0 bridgehead atoms. The van der Waals surface area contributed by atoms with Crippen molar-refractivity contribution in [3.05, 3.63) is 29.7 Å².